The van der Waals surface area contributed by atoms with Gasteiger partial charge in [-0.3, -0.25) is 4.79 Å². The van der Waals surface area contributed by atoms with Crippen LogP contribution in [-0.4, -0.2) is 29.9 Å². The molecule has 1 atom stereocenters. The number of hydrogen-bond donors (Lipinski definition) is 1. The van der Waals surface area contributed by atoms with Crippen LogP contribution in [0.2, 0.25) is 0 Å². The van der Waals surface area contributed by atoms with Gasteiger partial charge in [0.15, 0.2) is 0 Å². The van der Waals surface area contributed by atoms with E-state index in [1.165, 1.54) is 24.6 Å². The van der Waals surface area contributed by atoms with E-state index in [4.69, 9.17) is 5.26 Å². The Morgan fingerprint density at radius 2 is 2.14 bits per heavy atom. The first-order chi connectivity index (χ1) is 10.1. The van der Waals surface area contributed by atoms with E-state index in [9.17, 15) is 9.18 Å². The number of carbonyl (C=O) groups is 1. The van der Waals surface area contributed by atoms with Crippen LogP contribution in [0.5, 0.6) is 0 Å². The smallest absolute Gasteiger partial charge is 0.239 e. The number of nitriles is 1. The van der Waals surface area contributed by atoms with Gasteiger partial charge < -0.3 is 10.2 Å². The van der Waals surface area contributed by atoms with Crippen molar-refractivity contribution in [3.63, 3.8) is 0 Å². The molecule has 1 heterocycles. The maximum absolute atomic E-state index is 13.2. The van der Waals surface area contributed by atoms with Gasteiger partial charge in [0.1, 0.15) is 5.82 Å². The average molecular weight is 289 g/mol. The van der Waals surface area contributed by atoms with Crippen LogP contribution in [0.25, 0.3) is 0 Å². The fourth-order valence-electron chi connectivity index (χ4n) is 2.56. The molecule has 1 aliphatic rings. The van der Waals surface area contributed by atoms with Crippen molar-refractivity contribution in [2.45, 2.75) is 38.8 Å². The zero-order valence-corrected chi connectivity index (χ0v) is 12.2. The summed E-state index contributed by atoms with van der Waals surface area (Å²) in [5, 5.41) is 12.1. The molecule has 1 N–H and O–H groups in total. The SMILES string of the molecule is CC(NCc1cc(F)ccc1C#N)C(=O)N1CCCCC1. The maximum atomic E-state index is 13.2. The van der Waals surface area contributed by atoms with Gasteiger partial charge in [-0.2, -0.15) is 5.26 Å². The minimum Gasteiger partial charge on any atom is -0.341 e. The summed E-state index contributed by atoms with van der Waals surface area (Å²) in [5.41, 5.74) is 1.01. The fraction of sp³-hybridized carbons (Fsp3) is 0.500. The number of hydrogen-bond acceptors (Lipinski definition) is 3. The average Bonchev–Trinajstić information content (AvgIpc) is 2.52. The van der Waals surface area contributed by atoms with Gasteiger partial charge in [0.25, 0.3) is 0 Å². The first kappa shape index (κ1) is 15.5. The van der Waals surface area contributed by atoms with E-state index in [1.54, 1.807) is 0 Å². The number of nitrogens with zero attached hydrogens (tertiary/aromatic N) is 2. The molecule has 1 unspecified atom stereocenters. The van der Waals surface area contributed by atoms with E-state index < -0.39 is 0 Å². The highest BCUT2D eigenvalue weighted by Gasteiger charge is 2.21. The lowest BCUT2D eigenvalue weighted by atomic mass is 10.1. The summed E-state index contributed by atoms with van der Waals surface area (Å²) >= 11 is 0. The van der Waals surface area contributed by atoms with Gasteiger partial charge >= 0.3 is 0 Å². The van der Waals surface area contributed by atoms with Crippen molar-refractivity contribution in [3.05, 3.63) is 35.1 Å². The Hall–Kier alpha value is -1.93. The van der Waals surface area contributed by atoms with E-state index in [0.29, 0.717) is 17.7 Å². The second-order valence-electron chi connectivity index (χ2n) is 5.40. The molecule has 0 spiro atoms. The lowest BCUT2D eigenvalue weighted by Crippen LogP contribution is -2.46. The monoisotopic (exact) mass is 289 g/mol. The van der Waals surface area contributed by atoms with E-state index >= 15 is 0 Å². The number of halogens is 1. The third-order valence-corrected chi connectivity index (χ3v) is 3.82. The minimum atomic E-state index is -0.374. The Labute approximate surface area is 124 Å². The molecule has 1 saturated heterocycles. The summed E-state index contributed by atoms with van der Waals surface area (Å²) < 4.78 is 13.2. The molecule has 112 valence electrons. The van der Waals surface area contributed by atoms with Crippen molar-refractivity contribution in [2.75, 3.05) is 13.1 Å². The maximum Gasteiger partial charge on any atom is 0.239 e. The lowest BCUT2D eigenvalue weighted by Gasteiger charge is -2.29. The molecule has 1 amide bonds. The predicted molar refractivity (Wildman–Crippen MR) is 77.8 cm³/mol. The summed E-state index contributed by atoms with van der Waals surface area (Å²) in [6.07, 6.45) is 3.29. The van der Waals surface area contributed by atoms with E-state index in [1.807, 2.05) is 17.9 Å². The van der Waals surface area contributed by atoms with Crippen molar-refractivity contribution in [1.29, 1.82) is 5.26 Å². The quantitative estimate of drug-likeness (QED) is 0.924. The molecule has 1 aromatic carbocycles. The molecule has 0 radical (unpaired) electrons. The van der Waals surface area contributed by atoms with E-state index in [-0.39, 0.29) is 17.8 Å². The molecule has 2 rings (SSSR count). The van der Waals surface area contributed by atoms with Gasteiger partial charge in [-0.25, -0.2) is 4.39 Å². The van der Waals surface area contributed by atoms with Gasteiger partial charge in [-0.05, 0) is 49.9 Å². The first-order valence-electron chi connectivity index (χ1n) is 7.32. The Morgan fingerprint density at radius 1 is 1.43 bits per heavy atom. The zero-order valence-electron chi connectivity index (χ0n) is 12.2. The summed E-state index contributed by atoms with van der Waals surface area (Å²) in [7, 11) is 0. The topological polar surface area (TPSA) is 56.1 Å². The van der Waals surface area contributed by atoms with Crippen LogP contribution in [0.3, 0.4) is 0 Å². The van der Waals surface area contributed by atoms with Gasteiger partial charge in [0.05, 0.1) is 17.7 Å². The number of carbonyl (C=O) groups excluding carboxylic acids is 1. The lowest BCUT2D eigenvalue weighted by molar-refractivity contribution is -0.133. The van der Waals surface area contributed by atoms with E-state index in [0.717, 1.165) is 25.9 Å². The highest BCUT2D eigenvalue weighted by molar-refractivity contribution is 5.81. The highest BCUT2D eigenvalue weighted by Crippen LogP contribution is 2.12. The highest BCUT2D eigenvalue weighted by atomic mass is 19.1. The Balaban J connectivity index is 1.94. The van der Waals surface area contributed by atoms with Crippen LogP contribution in [-0.2, 0) is 11.3 Å². The number of nitrogens with one attached hydrogen (secondary N) is 1. The van der Waals surface area contributed by atoms with Crippen LogP contribution >= 0.6 is 0 Å². The molecule has 0 saturated carbocycles. The Morgan fingerprint density at radius 3 is 2.81 bits per heavy atom. The second-order valence-corrected chi connectivity index (χ2v) is 5.40. The summed E-state index contributed by atoms with van der Waals surface area (Å²) in [4.78, 5) is 14.1. The standard InChI is InChI=1S/C16H20FN3O/c1-12(16(21)20-7-3-2-4-8-20)19-11-14-9-15(17)6-5-13(14)10-18/h5-6,9,12,19H,2-4,7-8,11H2,1H3. The molecule has 1 aromatic rings. The van der Waals surface area contributed by atoms with Gasteiger partial charge in [-0.15, -0.1) is 0 Å². The first-order valence-corrected chi connectivity index (χ1v) is 7.32. The number of piperidine rings is 1. The molecule has 0 bridgehead atoms. The van der Waals surface area contributed by atoms with Crippen LogP contribution < -0.4 is 5.32 Å². The van der Waals surface area contributed by atoms with Crippen molar-refractivity contribution in [1.82, 2.24) is 10.2 Å². The van der Waals surface area contributed by atoms with Crippen LogP contribution in [0.15, 0.2) is 18.2 Å². The van der Waals surface area contributed by atoms with Gasteiger partial charge in [0.2, 0.25) is 5.91 Å². The molecule has 0 aliphatic carbocycles. The zero-order chi connectivity index (χ0) is 15.2. The molecule has 5 heteroatoms. The molecule has 1 fully saturated rings. The summed E-state index contributed by atoms with van der Waals surface area (Å²) in [5.74, 6) is -0.301. The van der Waals surface area contributed by atoms with Gasteiger partial charge in [0, 0.05) is 19.6 Å². The third-order valence-electron chi connectivity index (χ3n) is 3.82. The molecular weight excluding hydrogens is 269 g/mol. The molecule has 21 heavy (non-hydrogen) atoms. The molecule has 1 aliphatic heterocycles. The van der Waals surface area contributed by atoms with Crippen LogP contribution in [0, 0.1) is 17.1 Å². The Bertz CT molecular complexity index is 547. The predicted octanol–water partition coefficient (Wildman–Crippen LogP) is 2.19. The largest absolute Gasteiger partial charge is 0.341 e. The number of amides is 1. The summed E-state index contributed by atoms with van der Waals surface area (Å²) in [6, 6.07) is 5.77. The fourth-order valence-corrected chi connectivity index (χ4v) is 2.56. The number of likely N-dealkylation sites (tertiary alicyclic amines) is 1. The number of rotatable bonds is 4. The molecule has 4 nitrogen and oxygen atoms in total. The van der Waals surface area contributed by atoms with Gasteiger partial charge in [-0.1, -0.05) is 0 Å². The third kappa shape index (κ3) is 4.02. The van der Waals surface area contributed by atoms with E-state index in [2.05, 4.69) is 5.32 Å². The van der Waals surface area contributed by atoms with Crippen LogP contribution in [0.4, 0.5) is 4.39 Å². The Kier molecular flexibility index (Phi) is 5.29. The second kappa shape index (κ2) is 7.19. The molecule has 0 aromatic heterocycles. The minimum absolute atomic E-state index is 0.0737. The molecular formula is C16H20FN3O. The van der Waals surface area contributed by atoms with Crippen molar-refractivity contribution in [2.24, 2.45) is 0 Å². The van der Waals surface area contributed by atoms with Crippen molar-refractivity contribution in [3.8, 4) is 6.07 Å². The van der Waals surface area contributed by atoms with Crippen LogP contribution in [0.1, 0.15) is 37.3 Å². The summed E-state index contributed by atoms with van der Waals surface area (Å²) in [6.45, 7) is 3.74. The number of benzene rings is 1. The van der Waals surface area contributed by atoms with Crippen molar-refractivity contribution >= 4 is 5.91 Å². The normalized spacial score (nSPS) is 16.3. The van der Waals surface area contributed by atoms with Crippen molar-refractivity contribution < 1.29 is 9.18 Å².